The number of rotatable bonds is 9. The zero-order valence-corrected chi connectivity index (χ0v) is 12.2. The third kappa shape index (κ3) is 5.97. The first-order valence-electron chi connectivity index (χ1n) is 6.94. The van der Waals surface area contributed by atoms with E-state index < -0.39 is 0 Å². The van der Waals surface area contributed by atoms with Crippen molar-refractivity contribution in [3.05, 3.63) is 35.4 Å². The topological polar surface area (TPSA) is 52.6 Å². The average Bonchev–Trinajstić information content (AvgIpc) is 2.46. The average molecular weight is 278 g/mol. The van der Waals surface area contributed by atoms with Crippen LogP contribution in [0.2, 0.25) is 0 Å². The number of Topliss-reactive ketones (excluding diaryl/α,β-unsaturated/α-hetero) is 1. The minimum atomic E-state index is -0.306. The summed E-state index contributed by atoms with van der Waals surface area (Å²) in [6.45, 7) is 2.94. The number of ether oxygens (including phenoxy) is 2. The van der Waals surface area contributed by atoms with E-state index in [2.05, 4.69) is 0 Å². The van der Waals surface area contributed by atoms with E-state index in [9.17, 15) is 9.59 Å². The molecule has 20 heavy (non-hydrogen) atoms. The molecule has 0 amide bonds. The Morgan fingerprint density at radius 3 is 2.70 bits per heavy atom. The van der Waals surface area contributed by atoms with Crippen molar-refractivity contribution in [3.63, 3.8) is 0 Å². The molecule has 0 bridgehead atoms. The number of methoxy groups -OCH3 is 1. The first-order valence-corrected chi connectivity index (χ1v) is 6.94. The summed E-state index contributed by atoms with van der Waals surface area (Å²) < 4.78 is 10.1. The quantitative estimate of drug-likeness (QED) is 0.395. The highest BCUT2D eigenvalue weighted by Crippen LogP contribution is 2.10. The van der Waals surface area contributed by atoms with Gasteiger partial charge in [-0.2, -0.15) is 0 Å². The van der Waals surface area contributed by atoms with Gasteiger partial charge in [0.25, 0.3) is 0 Å². The normalized spacial score (nSPS) is 10.3. The summed E-state index contributed by atoms with van der Waals surface area (Å²) in [5.74, 6) is -0.352. The fraction of sp³-hybridized carbons (Fsp3) is 0.500. The van der Waals surface area contributed by atoms with E-state index in [1.54, 1.807) is 19.2 Å². The summed E-state index contributed by atoms with van der Waals surface area (Å²) in [6.07, 6.45) is 2.16. The molecule has 4 heteroatoms. The van der Waals surface area contributed by atoms with Gasteiger partial charge in [0.15, 0.2) is 5.78 Å². The van der Waals surface area contributed by atoms with Crippen molar-refractivity contribution in [1.82, 2.24) is 0 Å². The van der Waals surface area contributed by atoms with Crippen molar-refractivity contribution >= 4 is 11.8 Å². The Bertz CT molecular complexity index is 440. The van der Waals surface area contributed by atoms with Crippen molar-refractivity contribution in [2.75, 3.05) is 13.7 Å². The molecule has 1 aromatic carbocycles. The van der Waals surface area contributed by atoms with Gasteiger partial charge in [0.05, 0.1) is 19.6 Å². The standard InChI is InChI=1S/C16H22O4/c1-3-4-10-20-16(18)9-8-15(17)14-7-5-6-13(11-14)12-19-2/h5-7,11H,3-4,8-10,12H2,1-2H3. The Hall–Kier alpha value is -1.68. The van der Waals surface area contributed by atoms with Gasteiger partial charge >= 0.3 is 5.97 Å². The molecular formula is C16H22O4. The van der Waals surface area contributed by atoms with E-state index in [-0.39, 0.29) is 24.6 Å². The zero-order valence-electron chi connectivity index (χ0n) is 12.2. The number of unbranched alkanes of at least 4 members (excludes halogenated alkanes) is 1. The second kappa shape index (κ2) is 9.26. The second-order valence-corrected chi connectivity index (χ2v) is 4.63. The lowest BCUT2D eigenvalue weighted by Gasteiger charge is -2.05. The summed E-state index contributed by atoms with van der Waals surface area (Å²) in [6, 6.07) is 7.28. The number of carbonyl (C=O) groups is 2. The molecule has 0 saturated heterocycles. The van der Waals surface area contributed by atoms with Gasteiger partial charge in [-0.05, 0) is 18.1 Å². The molecule has 1 rings (SSSR count). The van der Waals surface area contributed by atoms with Crippen LogP contribution in [0.5, 0.6) is 0 Å². The summed E-state index contributed by atoms with van der Waals surface area (Å²) >= 11 is 0. The van der Waals surface area contributed by atoms with E-state index in [4.69, 9.17) is 9.47 Å². The maximum Gasteiger partial charge on any atom is 0.306 e. The van der Waals surface area contributed by atoms with Crippen LogP contribution in [0.4, 0.5) is 0 Å². The summed E-state index contributed by atoms with van der Waals surface area (Å²) in [7, 11) is 1.61. The van der Waals surface area contributed by atoms with E-state index in [0.29, 0.717) is 18.8 Å². The second-order valence-electron chi connectivity index (χ2n) is 4.63. The molecule has 0 aliphatic heterocycles. The number of ketones is 1. The smallest absolute Gasteiger partial charge is 0.306 e. The molecule has 0 aromatic heterocycles. The number of benzene rings is 1. The van der Waals surface area contributed by atoms with Gasteiger partial charge in [0, 0.05) is 19.1 Å². The van der Waals surface area contributed by atoms with Crippen molar-refractivity contribution < 1.29 is 19.1 Å². The van der Waals surface area contributed by atoms with E-state index in [1.807, 2.05) is 19.1 Å². The summed E-state index contributed by atoms with van der Waals surface area (Å²) in [5.41, 5.74) is 1.56. The molecule has 0 radical (unpaired) electrons. The minimum absolute atomic E-state index is 0.0459. The molecule has 0 saturated carbocycles. The first-order chi connectivity index (χ1) is 9.67. The summed E-state index contributed by atoms with van der Waals surface area (Å²) in [4.78, 5) is 23.4. The Morgan fingerprint density at radius 2 is 2.00 bits per heavy atom. The van der Waals surface area contributed by atoms with Crippen LogP contribution < -0.4 is 0 Å². The lowest BCUT2D eigenvalue weighted by molar-refractivity contribution is -0.143. The predicted molar refractivity (Wildman–Crippen MR) is 76.6 cm³/mol. The van der Waals surface area contributed by atoms with Crippen LogP contribution in [0.25, 0.3) is 0 Å². The fourth-order valence-corrected chi connectivity index (χ4v) is 1.76. The van der Waals surface area contributed by atoms with E-state index in [1.165, 1.54) is 0 Å². The highest BCUT2D eigenvalue weighted by atomic mass is 16.5. The lowest BCUT2D eigenvalue weighted by atomic mass is 10.0. The molecule has 110 valence electrons. The Morgan fingerprint density at radius 1 is 1.20 bits per heavy atom. The van der Waals surface area contributed by atoms with E-state index in [0.717, 1.165) is 18.4 Å². The van der Waals surface area contributed by atoms with Crippen LogP contribution in [-0.2, 0) is 20.9 Å². The maximum atomic E-state index is 12.0. The Labute approximate surface area is 120 Å². The maximum absolute atomic E-state index is 12.0. The van der Waals surface area contributed by atoms with Crippen LogP contribution in [0.3, 0.4) is 0 Å². The Kier molecular flexibility index (Phi) is 7.58. The molecule has 4 nitrogen and oxygen atoms in total. The van der Waals surface area contributed by atoms with Crippen molar-refractivity contribution in [3.8, 4) is 0 Å². The predicted octanol–water partition coefficient (Wildman–Crippen LogP) is 3.14. The molecule has 0 fully saturated rings. The SMILES string of the molecule is CCCCOC(=O)CCC(=O)c1cccc(COC)c1. The van der Waals surface area contributed by atoms with Crippen LogP contribution in [0.1, 0.15) is 48.5 Å². The number of hydrogen-bond acceptors (Lipinski definition) is 4. The van der Waals surface area contributed by atoms with Crippen molar-refractivity contribution in [2.45, 2.75) is 39.2 Å². The fourth-order valence-electron chi connectivity index (χ4n) is 1.76. The molecule has 0 N–H and O–H groups in total. The molecule has 0 heterocycles. The molecule has 0 aliphatic carbocycles. The molecule has 0 unspecified atom stereocenters. The minimum Gasteiger partial charge on any atom is -0.466 e. The number of esters is 1. The van der Waals surface area contributed by atoms with Gasteiger partial charge in [-0.1, -0.05) is 31.5 Å². The third-order valence-electron chi connectivity index (χ3n) is 2.88. The van der Waals surface area contributed by atoms with Gasteiger partial charge in [0.2, 0.25) is 0 Å². The molecular weight excluding hydrogens is 256 g/mol. The highest BCUT2D eigenvalue weighted by molar-refractivity contribution is 5.97. The first kappa shape index (κ1) is 16.4. The van der Waals surface area contributed by atoms with Crippen LogP contribution >= 0.6 is 0 Å². The van der Waals surface area contributed by atoms with Crippen LogP contribution in [-0.4, -0.2) is 25.5 Å². The van der Waals surface area contributed by atoms with Gasteiger partial charge in [-0.25, -0.2) is 0 Å². The van der Waals surface area contributed by atoms with Crippen LogP contribution in [0.15, 0.2) is 24.3 Å². The lowest BCUT2D eigenvalue weighted by Crippen LogP contribution is -2.09. The molecule has 0 atom stereocenters. The monoisotopic (exact) mass is 278 g/mol. The molecule has 0 spiro atoms. The van der Waals surface area contributed by atoms with Crippen molar-refractivity contribution in [1.29, 1.82) is 0 Å². The highest BCUT2D eigenvalue weighted by Gasteiger charge is 2.10. The molecule has 1 aromatic rings. The zero-order chi connectivity index (χ0) is 14.8. The van der Waals surface area contributed by atoms with Gasteiger partial charge in [-0.15, -0.1) is 0 Å². The summed E-state index contributed by atoms with van der Waals surface area (Å²) in [5, 5.41) is 0. The largest absolute Gasteiger partial charge is 0.466 e. The van der Waals surface area contributed by atoms with E-state index >= 15 is 0 Å². The Balaban J connectivity index is 2.42. The van der Waals surface area contributed by atoms with Crippen molar-refractivity contribution in [2.24, 2.45) is 0 Å². The number of carbonyl (C=O) groups excluding carboxylic acids is 2. The van der Waals surface area contributed by atoms with Gasteiger partial charge in [-0.3, -0.25) is 9.59 Å². The van der Waals surface area contributed by atoms with Gasteiger partial charge in [0.1, 0.15) is 0 Å². The number of hydrogen-bond donors (Lipinski definition) is 0. The molecule has 0 aliphatic rings. The van der Waals surface area contributed by atoms with Gasteiger partial charge < -0.3 is 9.47 Å². The third-order valence-corrected chi connectivity index (χ3v) is 2.88. The van der Waals surface area contributed by atoms with Crippen LogP contribution in [0, 0.1) is 0 Å².